The SMILES string of the molecule is CC1CC(=O)NC1=O.[HH]. The van der Waals surface area contributed by atoms with E-state index in [0.717, 1.165) is 0 Å². The van der Waals surface area contributed by atoms with E-state index in [1.807, 2.05) is 0 Å². The van der Waals surface area contributed by atoms with E-state index in [1.54, 1.807) is 6.92 Å². The maximum atomic E-state index is 10.5. The van der Waals surface area contributed by atoms with Crippen LogP contribution >= 0.6 is 0 Å². The van der Waals surface area contributed by atoms with Gasteiger partial charge in [-0.3, -0.25) is 14.9 Å². The second-order valence-electron chi connectivity index (χ2n) is 2.02. The largest absolute Gasteiger partial charge is 0.296 e. The minimum absolute atomic E-state index is 0. The van der Waals surface area contributed by atoms with Crippen LogP contribution in [0.3, 0.4) is 0 Å². The van der Waals surface area contributed by atoms with Crippen LogP contribution in [0.5, 0.6) is 0 Å². The zero-order valence-electron chi connectivity index (χ0n) is 4.60. The van der Waals surface area contributed by atoms with Crippen LogP contribution in [0, 0.1) is 5.92 Å². The second-order valence-corrected chi connectivity index (χ2v) is 2.02. The van der Waals surface area contributed by atoms with Gasteiger partial charge in [0.05, 0.1) is 0 Å². The lowest BCUT2D eigenvalue weighted by molar-refractivity contribution is -0.125. The molecule has 3 heteroatoms. The Labute approximate surface area is 48.6 Å². The molecule has 0 aromatic rings. The summed E-state index contributed by atoms with van der Waals surface area (Å²) in [6.45, 7) is 1.74. The number of nitrogens with one attached hydrogen (secondary N) is 1. The van der Waals surface area contributed by atoms with Crippen LogP contribution in [0.25, 0.3) is 0 Å². The Morgan fingerprint density at radius 2 is 2.38 bits per heavy atom. The van der Waals surface area contributed by atoms with Gasteiger partial charge in [-0.25, -0.2) is 0 Å². The first-order valence-corrected chi connectivity index (χ1v) is 2.54. The number of amides is 2. The second kappa shape index (κ2) is 1.58. The molecule has 1 aliphatic heterocycles. The van der Waals surface area contributed by atoms with E-state index < -0.39 is 0 Å². The molecule has 8 heavy (non-hydrogen) atoms. The molecule has 1 heterocycles. The number of carbonyl (C=O) groups is 2. The summed E-state index contributed by atoms with van der Waals surface area (Å²) in [6, 6.07) is 0. The molecule has 0 spiro atoms. The van der Waals surface area contributed by atoms with Gasteiger partial charge in [0.1, 0.15) is 0 Å². The van der Waals surface area contributed by atoms with Crippen molar-refractivity contribution in [2.75, 3.05) is 0 Å². The molecule has 1 N–H and O–H groups in total. The Hall–Kier alpha value is -0.860. The summed E-state index contributed by atoms with van der Waals surface area (Å²) in [4.78, 5) is 20.8. The fourth-order valence-electron chi connectivity index (χ4n) is 0.682. The van der Waals surface area contributed by atoms with Gasteiger partial charge in [-0.2, -0.15) is 0 Å². The van der Waals surface area contributed by atoms with E-state index in [1.165, 1.54) is 0 Å². The van der Waals surface area contributed by atoms with Crippen LogP contribution in [0.2, 0.25) is 0 Å². The van der Waals surface area contributed by atoms with E-state index in [4.69, 9.17) is 0 Å². The van der Waals surface area contributed by atoms with Gasteiger partial charge >= 0.3 is 0 Å². The van der Waals surface area contributed by atoms with Gasteiger partial charge in [-0.15, -0.1) is 0 Å². The van der Waals surface area contributed by atoms with Crippen LogP contribution in [-0.4, -0.2) is 11.8 Å². The van der Waals surface area contributed by atoms with Crippen molar-refractivity contribution in [3.8, 4) is 0 Å². The predicted molar refractivity (Wildman–Crippen MR) is 29.0 cm³/mol. The summed E-state index contributed by atoms with van der Waals surface area (Å²) < 4.78 is 0. The summed E-state index contributed by atoms with van der Waals surface area (Å²) in [5.74, 6) is -0.403. The van der Waals surface area contributed by atoms with E-state index in [9.17, 15) is 9.59 Å². The summed E-state index contributed by atoms with van der Waals surface area (Å²) in [5.41, 5.74) is 0. The molecule has 1 fully saturated rings. The first-order valence-electron chi connectivity index (χ1n) is 2.54. The van der Waals surface area contributed by atoms with Crippen molar-refractivity contribution in [3.63, 3.8) is 0 Å². The molecule has 1 saturated heterocycles. The van der Waals surface area contributed by atoms with Crippen LogP contribution in [-0.2, 0) is 9.59 Å². The summed E-state index contributed by atoms with van der Waals surface area (Å²) in [6.07, 6.45) is 0.360. The van der Waals surface area contributed by atoms with Gasteiger partial charge in [0.25, 0.3) is 0 Å². The minimum atomic E-state index is -0.150. The van der Waals surface area contributed by atoms with Gasteiger partial charge < -0.3 is 0 Å². The fraction of sp³-hybridized carbons (Fsp3) is 0.600. The third-order valence-electron chi connectivity index (χ3n) is 1.20. The highest BCUT2D eigenvalue weighted by atomic mass is 16.2. The lowest BCUT2D eigenvalue weighted by Gasteiger charge is -1.88. The Balaban J connectivity index is 0.000000640. The lowest BCUT2D eigenvalue weighted by Crippen LogP contribution is -2.20. The Kier molecular flexibility index (Phi) is 1.04. The molecular weight excluding hydrogens is 106 g/mol. The summed E-state index contributed by atoms with van der Waals surface area (Å²) in [5, 5.41) is 2.19. The van der Waals surface area contributed by atoms with Crippen molar-refractivity contribution < 1.29 is 11.0 Å². The molecule has 0 aromatic carbocycles. The zero-order chi connectivity index (χ0) is 6.15. The molecule has 0 radical (unpaired) electrons. The van der Waals surface area contributed by atoms with Gasteiger partial charge in [0.2, 0.25) is 11.8 Å². The summed E-state index contributed by atoms with van der Waals surface area (Å²) >= 11 is 0. The van der Waals surface area contributed by atoms with Gasteiger partial charge in [-0.1, -0.05) is 6.92 Å². The van der Waals surface area contributed by atoms with E-state index in [-0.39, 0.29) is 19.2 Å². The average Bonchev–Trinajstić information content (AvgIpc) is 1.85. The Bertz CT molecular complexity index is 146. The lowest BCUT2D eigenvalue weighted by atomic mass is 10.1. The first-order chi connectivity index (χ1) is 3.70. The maximum Gasteiger partial charge on any atom is 0.229 e. The van der Waals surface area contributed by atoms with Crippen molar-refractivity contribution in [2.45, 2.75) is 13.3 Å². The van der Waals surface area contributed by atoms with E-state index in [2.05, 4.69) is 5.32 Å². The highest BCUT2D eigenvalue weighted by molar-refractivity contribution is 6.03. The van der Waals surface area contributed by atoms with Gasteiger partial charge in [0, 0.05) is 13.8 Å². The third-order valence-corrected chi connectivity index (χ3v) is 1.20. The molecule has 1 unspecified atom stereocenters. The molecule has 0 saturated carbocycles. The van der Waals surface area contributed by atoms with Crippen LogP contribution < -0.4 is 5.32 Å². The number of hydrogen-bond donors (Lipinski definition) is 1. The molecular formula is C5H9NO2. The molecule has 46 valence electrons. The van der Waals surface area contributed by atoms with Crippen LogP contribution in [0.15, 0.2) is 0 Å². The molecule has 1 atom stereocenters. The van der Waals surface area contributed by atoms with E-state index in [0.29, 0.717) is 6.42 Å². The molecule has 0 bridgehead atoms. The Morgan fingerprint density at radius 3 is 2.50 bits per heavy atom. The Morgan fingerprint density at radius 1 is 1.75 bits per heavy atom. The smallest absolute Gasteiger partial charge is 0.229 e. The number of hydrogen-bond acceptors (Lipinski definition) is 2. The highest BCUT2D eigenvalue weighted by Crippen LogP contribution is 2.07. The molecule has 1 aliphatic rings. The highest BCUT2D eigenvalue weighted by Gasteiger charge is 2.25. The van der Waals surface area contributed by atoms with E-state index >= 15 is 0 Å². The van der Waals surface area contributed by atoms with Crippen LogP contribution in [0.4, 0.5) is 0 Å². The first kappa shape index (κ1) is 5.28. The number of imide groups is 1. The van der Waals surface area contributed by atoms with Crippen molar-refractivity contribution in [1.29, 1.82) is 0 Å². The maximum absolute atomic E-state index is 10.5. The summed E-state index contributed by atoms with van der Waals surface area (Å²) in [7, 11) is 0. The third kappa shape index (κ3) is 0.710. The monoisotopic (exact) mass is 115 g/mol. The molecule has 0 aromatic heterocycles. The van der Waals surface area contributed by atoms with Crippen molar-refractivity contribution in [2.24, 2.45) is 5.92 Å². The topological polar surface area (TPSA) is 46.2 Å². The van der Waals surface area contributed by atoms with Gasteiger partial charge in [-0.05, 0) is 0 Å². The molecule has 1 rings (SSSR count). The minimum Gasteiger partial charge on any atom is -0.296 e. The predicted octanol–water partition coefficient (Wildman–Crippen LogP) is -0.0850. The average molecular weight is 115 g/mol. The zero-order valence-corrected chi connectivity index (χ0v) is 4.60. The fourth-order valence-corrected chi connectivity index (χ4v) is 0.682. The number of carbonyl (C=O) groups excluding carboxylic acids is 2. The van der Waals surface area contributed by atoms with Crippen molar-refractivity contribution in [3.05, 3.63) is 0 Å². The molecule has 3 nitrogen and oxygen atoms in total. The molecule has 0 aliphatic carbocycles. The quantitative estimate of drug-likeness (QED) is 0.448. The van der Waals surface area contributed by atoms with Crippen molar-refractivity contribution in [1.82, 2.24) is 5.32 Å². The van der Waals surface area contributed by atoms with Crippen molar-refractivity contribution >= 4 is 11.8 Å². The number of rotatable bonds is 0. The van der Waals surface area contributed by atoms with Gasteiger partial charge in [0.15, 0.2) is 0 Å². The van der Waals surface area contributed by atoms with Crippen LogP contribution in [0.1, 0.15) is 14.8 Å². The standard InChI is InChI=1S/C5H7NO2.H2/c1-3-2-4(7)6-5(3)8;/h3H,2H2,1H3,(H,6,7,8);1H. The molecule has 2 amide bonds. The normalized spacial score (nSPS) is 28.4.